The van der Waals surface area contributed by atoms with Crippen LogP contribution in [-0.2, 0) is 13.0 Å². The zero-order valence-corrected chi connectivity index (χ0v) is 11.3. The van der Waals surface area contributed by atoms with Crippen molar-refractivity contribution >= 4 is 0 Å². The van der Waals surface area contributed by atoms with Gasteiger partial charge in [0.2, 0.25) is 0 Å². The summed E-state index contributed by atoms with van der Waals surface area (Å²) in [5.74, 6) is 1.58. The average Bonchev–Trinajstić information content (AvgIpc) is 2.10. The van der Waals surface area contributed by atoms with E-state index in [-0.39, 0.29) is 0 Å². The van der Waals surface area contributed by atoms with Crippen LogP contribution >= 0.6 is 0 Å². The lowest BCUT2D eigenvalue weighted by atomic mass is 10.0. The van der Waals surface area contributed by atoms with Crippen molar-refractivity contribution < 1.29 is 0 Å². The van der Waals surface area contributed by atoms with Crippen molar-refractivity contribution in [2.45, 2.75) is 40.7 Å². The fourth-order valence-corrected chi connectivity index (χ4v) is 1.87. The molecular weight excluding hydrogens is 198 g/mol. The molecule has 0 amide bonds. The summed E-state index contributed by atoms with van der Waals surface area (Å²) < 4.78 is 0. The first-order valence-electron chi connectivity index (χ1n) is 5.88. The summed E-state index contributed by atoms with van der Waals surface area (Å²) in [7, 11) is 4.08. The highest BCUT2D eigenvalue weighted by molar-refractivity contribution is 5.24. The van der Waals surface area contributed by atoms with Crippen molar-refractivity contribution in [3.8, 4) is 0 Å². The molecule has 0 aliphatic heterocycles. The van der Waals surface area contributed by atoms with Gasteiger partial charge in [-0.1, -0.05) is 13.8 Å². The van der Waals surface area contributed by atoms with Crippen LogP contribution in [0.5, 0.6) is 0 Å². The van der Waals surface area contributed by atoms with Gasteiger partial charge in [0.1, 0.15) is 5.82 Å². The summed E-state index contributed by atoms with van der Waals surface area (Å²) in [6.45, 7) is 9.44. The molecule has 0 radical (unpaired) electrons. The molecule has 0 aliphatic rings. The monoisotopic (exact) mass is 221 g/mol. The van der Waals surface area contributed by atoms with Gasteiger partial charge in [-0.2, -0.15) is 0 Å². The third-order valence-electron chi connectivity index (χ3n) is 2.54. The molecule has 0 bridgehead atoms. The molecule has 0 N–H and O–H groups in total. The predicted molar refractivity (Wildman–Crippen MR) is 67.4 cm³/mol. The lowest BCUT2D eigenvalue weighted by molar-refractivity contribution is 0.389. The van der Waals surface area contributed by atoms with Crippen LogP contribution < -0.4 is 0 Å². The normalized spacial score (nSPS) is 11.5. The van der Waals surface area contributed by atoms with Crippen LogP contribution in [0.2, 0.25) is 0 Å². The minimum absolute atomic E-state index is 0.653. The van der Waals surface area contributed by atoms with E-state index < -0.39 is 0 Å². The van der Waals surface area contributed by atoms with E-state index in [1.807, 2.05) is 14.1 Å². The second kappa shape index (κ2) is 5.39. The van der Waals surface area contributed by atoms with Crippen LogP contribution in [0.15, 0.2) is 0 Å². The maximum absolute atomic E-state index is 4.57. The summed E-state index contributed by atoms with van der Waals surface area (Å²) in [5, 5.41) is 0. The van der Waals surface area contributed by atoms with Crippen LogP contribution in [0.25, 0.3) is 0 Å². The number of hydrogen-bond donors (Lipinski definition) is 0. The SMILES string of the molecule is Cc1nc(CN(C)C)nc(C)c1CC(C)C. The van der Waals surface area contributed by atoms with Crippen LogP contribution in [0, 0.1) is 19.8 Å². The number of hydrogen-bond acceptors (Lipinski definition) is 3. The molecule has 16 heavy (non-hydrogen) atoms. The van der Waals surface area contributed by atoms with E-state index in [0.29, 0.717) is 5.92 Å². The highest BCUT2D eigenvalue weighted by atomic mass is 15.1. The van der Waals surface area contributed by atoms with Crippen molar-refractivity contribution in [1.82, 2.24) is 14.9 Å². The Morgan fingerprint density at radius 3 is 1.94 bits per heavy atom. The first-order chi connectivity index (χ1) is 7.40. The number of rotatable bonds is 4. The van der Waals surface area contributed by atoms with E-state index in [9.17, 15) is 0 Å². The first kappa shape index (κ1) is 13.1. The van der Waals surface area contributed by atoms with Crippen molar-refractivity contribution in [2.24, 2.45) is 5.92 Å². The molecule has 0 aliphatic carbocycles. The fraction of sp³-hybridized carbons (Fsp3) is 0.692. The number of nitrogens with zero attached hydrogens (tertiary/aromatic N) is 3. The van der Waals surface area contributed by atoms with Crippen molar-refractivity contribution in [1.29, 1.82) is 0 Å². The van der Waals surface area contributed by atoms with Crippen LogP contribution in [0.4, 0.5) is 0 Å². The van der Waals surface area contributed by atoms with Crippen LogP contribution in [-0.4, -0.2) is 29.0 Å². The number of aryl methyl sites for hydroxylation is 2. The minimum Gasteiger partial charge on any atom is -0.302 e. The molecule has 1 aromatic rings. The van der Waals surface area contributed by atoms with Crippen molar-refractivity contribution in [3.05, 3.63) is 22.8 Å². The number of aromatic nitrogens is 2. The molecule has 90 valence electrons. The lowest BCUT2D eigenvalue weighted by Gasteiger charge is -2.14. The third kappa shape index (κ3) is 3.56. The zero-order chi connectivity index (χ0) is 12.3. The summed E-state index contributed by atoms with van der Waals surface area (Å²) in [6.07, 6.45) is 1.07. The summed E-state index contributed by atoms with van der Waals surface area (Å²) >= 11 is 0. The van der Waals surface area contributed by atoms with E-state index in [2.05, 4.69) is 42.6 Å². The average molecular weight is 221 g/mol. The molecule has 0 fully saturated rings. The van der Waals surface area contributed by atoms with E-state index in [4.69, 9.17) is 0 Å². The van der Waals surface area contributed by atoms with E-state index >= 15 is 0 Å². The Morgan fingerprint density at radius 1 is 1.06 bits per heavy atom. The maximum atomic E-state index is 4.57. The van der Waals surface area contributed by atoms with Crippen molar-refractivity contribution in [3.63, 3.8) is 0 Å². The summed E-state index contributed by atoms with van der Waals surface area (Å²) in [4.78, 5) is 11.2. The molecule has 0 aromatic carbocycles. The largest absolute Gasteiger partial charge is 0.302 e. The second-order valence-electron chi connectivity index (χ2n) is 5.12. The standard InChI is InChI=1S/C13H23N3/c1-9(2)7-12-10(3)14-13(8-16(5)6)15-11(12)4/h9H,7-8H2,1-6H3. The molecule has 0 spiro atoms. The fourth-order valence-electron chi connectivity index (χ4n) is 1.87. The molecule has 1 rings (SSSR count). The van der Waals surface area contributed by atoms with Gasteiger partial charge in [0.25, 0.3) is 0 Å². The van der Waals surface area contributed by atoms with Gasteiger partial charge in [-0.05, 0) is 45.8 Å². The molecule has 1 heterocycles. The van der Waals surface area contributed by atoms with Gasteiger partial charge in [0.05, 0.1) is 6.54 Å². The molecular formula is C13H23N3. The quantitative estimate of drug-likeness (QED) is 0.781. The topological polar surface area (TPSA) is 29.0 Å². The summed E-state index contributed by atoms with van der Waals surface area (Å²) in [6, 6.07) is 0. The Balaban J connectivity index is 2.98. The Kier molecular flexibility index (Phi) is 4.42. The smallest absolute Gasteiger partial charge is 0.142 e. The molecule has 0 saturated carbocycles. The van der Waals surface area contributed by atoms with Gasteiger partial charge >= 0.3 is 0 Å². The highest BCUT2D eigenvalue weighted by Crippen LogP contribution is 2.15. The second-order valence-corrected chi connectivity index (χ2v) is 5.12. The molecule has 0 unspecified atom stereocenters. The maximum Gasteiger partial charge on any atom is 0.142 e. The Hall–Kier alpha value is -0.960. The van der Waals surface area contributed by atoms with Gasteiger partial charge in [-0.25, -0.2) is 9.97 Å². The Labute approximate surface area is 98.9 Å². The molecule has 0 saturated heterocycles. The van der Waals surface area contributed by atoms with Gasteiger partial charge in [0.15, 0.2) is 0 Å². The summed E-state index contributed by atoms with van der Waals surface area (Å²) in [5.41, 5.74) is 3.59. The van der Waals surface area contributed by atoms with Gasteiger partial charge in [-0.3, -0.25) is 0 Å². The third-order valence-corrected chi connectivity index (χ3v) is 2.54. The highest BCUT2D eigenvalue weighted by Gasteiger charge is 2.10. The Morgan fingerprint density at radius 2 is 1.56 bits per heavy atom. The zero-order valence-electron chi connectivity index (χ0n) is 11.3. The first-order valence-corrected chi connectivity index (χ1v) is 5.88. The minimum atomic E-state index is 0.653. The van der Waals surface area contributed by atoms with Crippen molar-refractivity contribution in [2.75, 3.05) is 14.1 Å². The van der Waals surface area contributed by atoms with Crippen LogP contribution in [0.3, 0.4) is 0 Å². The van der Waals surface area contributed by atoms with Gasteiger partial charge < -0.3 is 4.90 Å². The van der Waals surface area contributed by atoms with Gasteiger partial charge in [-0.15, -0.1) is 0 Å². The predicted octanol–water partition coefficient (Wildman–Crippen LogP) is 2.35. The lowest BCUT2D eigenvalue weighted by Crippen LogP contribution is -2.16. The van der Waals surface area contributed by atoms with Gasteiger partial charge in [0, 0.05) is 11.4 Å². The molecule has 3 heteroatoms. The molecule has 0 atom stereocenters. The molecule has 1 aromatic heterocycles. The Bertz CT molecular complexity index is 333. The van der Waals surface area contributed by atoms with E-state index in [1.54, 1.807) is 0 Å². The van der Waals surface area contributed by atoms with E-state index in [0.717, 1.165) is 30.2 Å². The molecule has 3 nitrogen and oxygen atoms in total. The van der Waals surface area contributed by atoms with Crippen LogP contribution in [0.1, 0.15) is 36.6 Å². The van der Waals surface area contributed by atoms with E-state index in [1.165, 1.54) is 5.56 Å².